The Morgan fingerprint density at radius 1 is 1.21 bits per heavy atom. The predicted octanol–water partition coefficient (Wildman–Crippen LogP) is 3.64. The van der Waals surface area contributed by atoms with Gasteiger partial charge in [0.15, 0.2) is 5.01 Å². The number of nitrogens with zero attached hydrogens (tertiary/aromatic N) is 2. The van der Waals surface area contributed by atoms with Crippen molar-refractivity contribution in [3.8, 4) is 9.88 Å². The molecule has 3 nitrogen and oxygen atoms in total. The van der Waals surface area contributed by atoms with Gasteiger partial charge in [0.2, 0.25) is 0 Å². The van der Waals surface area contributed by atoms with Gasteiger partial charge in [-0.1, -0.05) is 11.3 Å². The number of aromatic nitrogens is 2. The van der Waals surface area contributed by atoms with Gasteiger partial charge >= 0.3 is 0 Å². The van der Waals surface area contributed by atoms with E-state index in [1.54, 1.807) is 16.2 Å². The average molecular weight is 293 g/mol. The highest BCUT2D eigenvalue weighted by Gasteiger charge is 2.18. The van der Waals surface area contributed by atoms with Crippen LogP contribution in [0, 0.1) is 0 Å². The predicted molar refractivity (Wildman–Crippen MR) is 81.8 cm³/mol. The van der Waals surface area contributed by atoms with Crippen molar-refractivity contribution in [2.45, 2.75) is 52.1 Å². The molecule has 0 spiro atoms. The minimum atomic E-state index is 0.121. The van der Waals surface area contributed by atoms with Gasteiger partial charge in [-0.25, -0.2) is 0 Å². The molecule has 1 aliphatic rings. The Labute approximate surface area is 122 Å². The zero-order chi connectivity index (χ0) is 13.5. The summed E-state index contributed by atoms with van der Waals surface area (Å²) in [6, 6.07) is 2.31. The molecule has 1 N–H and O–H groups in total. The second-order valence-corrected chi connectivity index (χ2v) is 8.22. The fraction of sp³-hybridized carbons (Fsp3) is 0.571. The van der Waals surface area contributed by atoms with Gasteiger partial charge in [0.05, 0.1) is 11.4 Å². The highest BCUT2D eigenvalue weighted by Crippen LogP contribution is 2.37. The van der Waals surface area contributed by atoms with Gasteiger partial charge < -0.3 is 5.32 Å². The van der Waals surface area contributed by atoms with Crippen LogP contribution in [0.5, 0.6) is 0 Å². The minimum Gasteiger partial charge on any atom is -0.306 e. The standard InChI is InChI=1S/C14H19N3S2/c1-14(2,3)15-8-12-16-17-13(19-12)11-7-9-5-4-6-10(9)18-11/h7,15H,4-6,8H2,1-3H3. The van der Waals surface area contributed by atoms with Gasteiger partial charge in [-0.2, -0.15) is 0 Å². The molecule has 0 unspecified atom stereocenters. The van der Waals surface area contributed by atoms with Gasteiger partial charge in [-0.05, 0) is 51.7 Å². The lowest BCUT2D eigenvalue weighted by atomic mass is 10.1. The number of aryl methyl sites for hydroxylation is 2. The number of hydrogen-bond acceptors (Lipinski definition) is 5. The van der Waals surface area contributed by atoms with E-state index in [9.17, 15) is 0 Å². The zero-order valence-corrected chi connectivity index (χ0v) is 13.2. The molecule has 0 bridgehead atoms. The molecular weight excluding hydrogens is 274 g/mol. The van der Waals surface area contributed by atoms with E-state index in [2.05, 4.69) is 42.4 Å². The van der Waals surface area contributed by atoms with E-state index in [-0.39, 0.29) is 5.54 Å². The maximum atomic E-state index is 4.34. The Hall–Kier alpha value is -0.780. The van der Waals surface area contributed by atoms with Crippen molar-refractivity contribution in [2.24, 2.45) is 0 Å². The summed E-state index contributed by atoms with van der Waals surface area (Å²) in [6.45, 7) is 7.29. The van der Waals surface area contributed by atoms with Crippen molar-refractivity contribution < 1.29 is 0 Å². The number of nitrogens with one attached hydrogen (secondary N) is 1. The van der Waals surface area contributed by atoms with Gasteiger partial charge in [0.25, 0.3) is 0 Å². The summed E-state index contributed by atoms with van der Waals surface area (Å²) in [5, 5.41) is 14.2. The molecule has 5 heteroatoms. The molecule has 0 radical (unpaired) electrons. The van der Waals surface area contributed by atoms with Crippen LogP contribution >= 0.6 is 22.7 Å². The van der Waals surface area contributed by atoms with E-state index in [1.807, 2.05) is 11.3 Å². The summed E-state index contributed by atoms with van der Waals surface area (Å²) in [6.07, 6.45) is 3.80. The normalized spacial score (nSPS) is 14.9. The van der Waals surface area contributed by atoms with Crippen molar-refractivity contribution >= 4 is 22.7 Å². The molecular formula is C14H19N3S2. The summed E-state index contributed by atoms with van der Waals surface area (Å²) >= 11 is 3.61. The van der Waals surface area contributed by atoms with Crippen LogP contribution in [0.15, 0.2) is 6.07 Å². The maximum absolute atomic E-state index is 4.34. The first kappa shape index (κ1) is 13.2. The highest BCUT2D eigenvalue weighted by atomic mass is 32.1. The summed E-state index contributed by atoms with van der Waals surface area (Å²) in [5.74, 6) is 0. The fourth-order valence-electron chi connectivity index (χ4n) is 2.20. The summed E-state index contributed by atoms with van der Waals surface area (Å²) < 4.78 is 0. The molecule has 2 heterocycles. The van der Waals surface area contributed by atoms with Gasteiger partial charge in [-0.15, -0.1) is 21.5 Å². The third-order valence-electron chi connectivity index (χ3n) is 3.19. The van der Waals surface area contributed by atoms with Crippen LogP contribution in [0.2, 0.25) is 0 Å². The maximum Gasteiger partial charge on any atom is 0.157 e. The Balaban J connectivity index is 1.73. The molecule has 0 aromatic carbocycles. The van der Waals surface area contributed by atoms with Crippen LogP contribution in [0.3, 0.4) is 0 Å². The van der Waals surface area contributed by atoms with Gasteiger partial charge in [0, 0.05) is 10.4 Å². The third-order valence-corrected chi connectivity index (χ3v) is 5.52. The van der Waals surface area contributed by atoms with Crippen LogP contribution in [0.1, 0.15) is 42.6 Å². The molecule has 19 heavy (non-hydrogen) atoms. The molecule has 0 saturated carbocycles. The first-order valence-corrected chi connectivity index (χ1v) is 8.34. The number of thiophene rings is 1. The van der Waals surface area contributed by atoms with Crippen LogP contribution in [-0.2, 0) is 19.4 Å². The third kappa shape index (κ3) is 3.04. The van der Waals surface area contributed by atoms with Crippen molar-refractivity contribution in [1.82, 2.24) is 15.5 Å². The largest absolute Gasteiger partial charge is 0.306 e. The molecule has 2 aromatic heterocycles. The number of fused-ring (bicyclic) bond motifs is 1. The molecule has 0 fully saturated rings. The van der Waals surface area contributed by atoms with E-state index in [4.69, 9.17) is 0 Å². The van der Waals surface area contributed by atoms with E-state index in [0.717, 1.165) is 16.6 Å². The lowest BCUT2D eigenvalue weighted by molar-refractivity contribution is 0.423. The molecule has 1 aliphatic carbocycles. The van der Waals surface area contributed by atoms with Crippen LogP contribution in [-0.4, -0.2) is 15.7 Å². The molecule has 102 valence electrons. The van der Waals surface area contributed by atoms with Crippen molar-refractivity contribution in [3.05, 3.63) is 21.5 Å². The fourth-order valence-corrected chi connectivity index (χ4v) is 4.27. The summed E-state index contributed by atoms with van der Waals surface area (Å²) in [7, 11) is 0. The zero-order valence-electron chi connectivity index (χ0n) is 11.6. The second kappa shape index (κ2) is 4.96. The lowest BCUT2D eigenvalue weighted by Crippen LogP contribution is -2.35. The Bertz CT molecular complexity index is 556. The topological polar surface area (TPSA) is 37.8 Å². The number of hydrogen-bond donors (Lipinski definition) is 1. The lowest BCUT2D eigenvalue weighted by Gasteiger charge is -2.19. The SMILES string of the molecule is CC(C)(C)NCc1nnc(-c2cc3c(s2)CCC3)s1. The van der Waals surface area contributed by atoms with Crippen molar-refractivity contribution in [3.63, 3.8) is 0 Å². The van der Waals surface area contributed by atoms with Crippen molar-refractivity contribution in [2.75, 3.05) is 0 Å². The Morgan fingerprint density at radius 2 is 2.05 bits per heavy atom. The molecule has 3 rings (SSSR count). The molecule has 0 amide bonds. The summed E-state index contributed by atoms with van der Waals surface area (Å²) in [5.41, 5.74) is 1.65. The van der Waals surface area contributed by atoms with Gasteiger partial charge in [-0.3, -0.25) is 0 Å². The first-order valence-electron chi connectivity index (χ1n) is 6.71. The first-order chi connectivity index (χ1) is 9.01. The quantitative estimate of drug-likeness (QED) is 0.939. The second-order valence-electron chi connectivity index (χ2n) is 6.02. The van der Waals surface area contributed by atoms with Crippen molar-refractivity contribution in [1.29, 1.82) is 0 Å². The monoisotopic (exact) mass is 293 g/mol. The molecule has 0 atom stereocenters. The Kier molecular flexibility index (Phi) is 3.45. The minimum absolute atomic E-state index is 0.121. The highest BCUT2D eigenvalue weighted by molar-refractivity contribution is 7.21. The molecule has 0 aliphatic heterocycles. The van der Waals surface area contributed by atoms with E-state index >= 15 is 0 Å². The van der Waals surface area contributed by atoms with E-state index < -0.39 is 0 Å². The van der Waals surface area contributed by atoms with Crippen LogP contribution in [0.25, 0.3) is 9.88 Å². The van der Waals surface area contributed by atoms with E-state index in [0.29, 0.717) is 0 Å². The number of rotatable bonds is 3. The molecule has 2 aromatic rings. The Morgan fingerprint density at radius 3 is 2.79 bits per heavy atom. The molecule has 0 saturated heterocycles. The summed E-state index contributed by atoms with van der Waals surface area (Å²) in [4.78, 5) is 2.85. The smallest absolute Gasteiger partial charge is 0.157 e. The van der Waals surface area contributed by atoms with Gasteiger partial charge in [0.1, 0.15) is 5.01 Å². The van der Waals surface area contributed by atoms with Crippen LogP contribution in [0.4, 0.5) is 0 Å². The van der Waals surface area contributed by atoms with E-state index in [1.165, 1.54) is 29.7 Å². The van der Waals surface area contributed by atoms with Crippen LogP contribution < -0.4 is 5.32 Å². The average Bonchev–Trinajstić information content (AvgIpc) is 2.99.